The van der Waals surface area contributed by atoms with E-state index >= 15 is 0 Å². The van der Waals surface area contributed by atoms with Gasteiger partial charge in [0, 0.05) is 6.42 Å². The smallest absolute Gasteiger partial charge is 0.161 e. The van der Waals surface area contributed by atoms with Crippen LogP contribution in [0.2, 0.25) is 0 Å². The average Bonchev–Trinajstić information content (AvgIpc) is 3.00. The molecule has 0 amide bonds. The standard InChI is InChI=1S/C27H42O3/c1-18(8-6-14-26(3,4)30)23-12-13-24-20(9-7-15-27(23,24)5)10-11-21-16-22(28)17-25(29)19(21)2/h9-11,18,22-24,28,30H,6-8,12-17H2,1-5H3/b11-10+. The molecule has 5 atom stereocenters. The summed E-state index contributed by atoms with van der Waals surface area (Å²) in [5.74, 6) is 2.09. The van der Waals surface area contributed by atoms with Crippen LogP contribution in [0.3, 0.4) is 0 Å². The van der Waals surface area contributed by atoms with E-state index in [9.17, 15) is 15.0 Å². The largest absolute Gasteiger partial charge is 0.392 e. The van der Waals surface area contributed by atoms with Crippen LogP contribution in [0, 0.1) is 23.2 Å². The molecular weight excluding hydrogens is 372 g/mol. The Morgan fingerprint density at radius 1 is 1.27 bits per heavy atom. The van der Waals surface area contributed by atoms with Gasteiger partial charge in [-0.25, -0.2) is 0 Å². The average molecular weight is 415 g/mol. The summed E-state index contributed by atoms with van der Waals surface area (Å²) in [4.78, 5) is 12.1. The van der Waals surface area contributed by atoms with E-state index in [1.807, 2.05) is 20.8 Å². The normalized spacial score (nSPS) is 33.8. The molecule has 2 N–H and O–H groups in total. The van der Waals surface area contributed by atoms with Gasteiger partial charge in [0.15, 0.2) is 5.78 Å². The van der Waals surface area contributed by atoms with Crippen molar-refractivity contribution in [2.45, 2.75) is 104 Å². The number of aliphatic hydroxyl groups excluding tert-OH is 1. The van der Waals surface area contributed by atoms with Crippen molar-refractivity contribution in [3.8, 4) is 0 Å². The maximum Gasteiger partial charge on any atom is 0.161 e. The molecule has 1 fully saturated rings. The molecule has 0 spiro atoms. The first kappa shape index (κ1) is 23.5. The van der Waals surface area contributed by atoms with E-state index in [1.54, 1.807) is 0 Å². The number of Topliss-reactive ketones (excluding diaryl/α,β-unsaturated/α-hetero) is 1. The van der Waals surface area contributed by atoms with Gasteiger partial charge < -0.3 is 10.2 Å². The predicted octanol–water partition coefficient (Wildman–Crippen LogP) is 5.91. The van der Waals surface area contributed by atoms with Gasteiger partial charge in [-0.1, -0.05) is 44.9 Å². The number of aliphatic hydroxyl groups is 2. The zero-order chi connectivity index (χ0) is 22.1. The lowest BCUT2D eigenvalue weighted by Crippen LogP contribution is -2.35. The Bertz CT molecular complexity index is 736. The van der Waals surface area contributed by atoms with Crippen molar-refractivity contribution in [1.29, 1.82) is 0 Å². The number of carbonyl (C=O) groups excluding carboxylic acids is 1. The first-order chi connectivity index (χ1) is 14.0. The van der Waals surface area contributed by atoms with E-state index in [4.69, 9.17) is 0 Å². The lowest BCUT2D eigenvalue weighted by Gasteiger charge is -2.43. The van der Waals surface area contributed by atoms with Crippen LogP contribution in [-0.2, 0) is 4.79 Å². The molecule has 3 rings (SSSR count). The van der Waals surface area contributed by atoms with Crippen molar-refractivity contribution in [3.63, 3.8) is 0 Å². The number of allylic oxidation sites excluding steroid dienone is 5. The van der Waals surface area contributed by atoms with Gasteiger partial charge >= 0.3 is 0 Å². The Labute approximate surface area is 183 Å². The zero-order valence-corrected chi connectivity index (χ0v) is 19.7. The van der Waals surface area contributed by atoms with Crippen molar-refractivity contribution < 1.29 is 15.0 Å². The third-order valence-corrected chi connectivity index (χ3v) is 8.26. The van der Waals surface area contributed by atoms with Gasteiger partial charge in [-0.05, 0) is 99.2 Å². The third kappa shape index (κ3) is 5.16. The summed E-state index contributed by atoms with van der Waals surface area (Å²) < 4.78 is 0. The number of fused-ring (bicyclic) bond motifs is 1. The van der Waals surface area contributed by atoms with Crippen LogP contribution in [0.4, 0.5) is 0 Å². The number of hydrogen-bond acceptors (Lipinski definition) is 3. The van der Waals surface area contributed by atoms with Gasteiger partial charge in [0.2, 0.25) is 0 Å². The second-order valence-electron chi connectivity index (χ2n) is 11.1. The molecular formula is C27H42O3. The molecule has 0 aromatic heterocycles. The molecule has 5 unspecified atom stereocenters. The highest BCUT2D eigenvalue weighted by molar-refractivity contribution is 5.97. The molecule has 3 aliphatic rings. The topological polar surface area (TPSA) is 57.5 Å². The summed E-state index contributed by atoms with van der Waals surface area (Å²) in [5, 5.41) is 20.0. The van der Waals surface area contributed by atoms with Crippen molar-refractivity contribution in [2.24, 2.45) is 23.2 Å². The van der Waals surface area contributed by atoms with E-state index in [2.05, 4.69) is 32.1 Å². The minimum atomic E-state index is -0.561. The van der Waals surface area contributed by atoms with E-state index in [0.29, 0.717) is 23.7 Å². The Hall–Kier alpha value is -1.19. The lowest BCUT2D eigenvalue weighted by molar-refractivity contribution is -0.117. The fraction of sp³-hybridized carbons (Fsp3) is 0.741. The molecule has 3 aliphatic carbocycles. The van der Waals surface area contributed by atoms with Crippen LogP contribution in [0.1, 0.15) is 92.4 Å². The second kappa shape index (κ2) is 9.12. The van der Waals surface area contributed by atoms with Gasteiger partial charge in [-0.3, -0.25) is 4.79 Å². The first-order valence-corrected chi connectivity index (χ1v) is 12.0. The number of rotatable bonds is 7. The van der Waals surface area contributed by atoms with Crippen LogP contribution in [0.25, 0.3) is 0 Å². The summed E-state index contributed by atoms with van der Waals surface area (Å²) in [5.41, 5.74) is 3.03. The van der Waals surface area contributed by atoms with Crippen molar-refractivity contribution in [2.75, 3.05) is 0 Å². The van der Waals surface area contributed by atoms with E-state index in [1.165, 1.54) is 31.3 Å². The molecule has 3 nitrogen and oxygen atoms in total. The molecule has 3 heteroatoms. The SMILES string of the molecule is CC1=C(/C=C/C2=CCCC3(C)C2CCC3C(C)CCCC(C)(C)O)CC(O)CC1=O. The van der Waals surface area contributed by atoms with E-state index in [-0.39, 0.29) is 12.2 Å². The monoisotopic (exact) mass is 414 g/mol. The Morgan fingerprint density at radius 3 is 2.70 bits per heavy atom. The lowest BCUT2D eigenvalue weighted by atomic mass is 9.62. The van der Waals surface area contributed by atoms with Gasteiger partial charge in [0.1, 0.15) is 0 Å². The summed E-state index contributed by atoms with van der Waals surface area (Å²) in [6.45, 7) is 10.6. The van der Waals surface area contributed by atoms with Crippen molar-refractivity contribution in [3.05, 3.63) is 34.9 Å². The minimum Gasteiger partial charge on any atom is -0.392 e. The maximum absolute atomic E-state index is 12.1. The summed E-state index contributed by atoms with van der Waals surface area (Å²) in [7, 11) is 0. The molecule has 0 heterocycles. The van der Waals surface area contributed by atoms with Crippen LogP contribution in [-0.4, -0.2) is 27.7 Å². The van der Waals surface area contributed by atoms with Gasteiger partial charge in [0.05, 0.1) is 11.7 Å². The van der Waals surface area contributed by atoms with Crippen LogP contribution >= 0.6 is 0 Å². The highest BCUT2D eigenvalue weighted by Gasteiger charge is 2.49. The van der Waals surface area contributed by atoms with Crippen molar-refractivity contribution >= 4 is 5.78 Å². The van der Waals surface area contributed by atoms with Crippen LogP contribution in [0.15, 0.2) is 34.9 Å². The molecule has 30 heavy (non-hydrogen) atoms. The number of carbonyl (C=O) groups is 1. The molecule has 0 radical (unpaired) electrons. The fourth-order valence-corrected chi connectivity index (χ4v) is 6.45. The van der Waals surface area contributed by atoms with Gasteiger partial charge in [0.25, 0.3) is 0 Å². The fourth-order valence-electron chi connectivity index (χ4n) is 6.45. The molecule has 0 saturated heterocycles. The molecule has 0 aliphatic heterocycles. The highest BCUT2D eigenvalue weighted by atomic mass is 16.3. The number of ketones is 1. The summed E-state index contributed by atoms with van der Waals surface area (Å²) >= 11 is 0. The first-order valence-electron chi connectivity index (χ1n) is 12.0. The predicted molar refractivity (Wildman–Crippen MR) is 123 cm³/mol. The Balaban J connectivity index is 1.69. The van der Waals surface area contributed by atoms with E-state index in [0.717, 1.165) is 36.3 Å². The molecule has 1 saturated carbocycles. The number of hydrogen-bond donors (Lipinski definition) is 2. The Morgan fingerprint density at radius 2 is 2.00 bits per heavy atom. The minimum absolute atomic E-state index is 0.0803. The van der Waals surface area contributed by atoms with E-state index < -0.39 is 11.7 Å². The second-order valence-corrected chi connectivity index (χ2v) is 11.1. The molecule has 168 valence electrons. The highest BCUT2D eigenvalue weighted by Crippen LogP contribution is 2.58. The van der Waals surface area contributed by atoms with Crippen LogP contribution < -0.4 is 0 Å². The quantitative estimate of drug-likeness (QED) is 0.544. The van der Waals surface area contributed by atoms with Gasteiger partial charge in [-0.2, -0.15) is 0 Å². The van der Waals surface area contributed by atoms with Crippen molar-refractivity contribution in [1.82, 2.24) is 0 Å². The summed E-state index contributed by atoms with van der Waals surface area (Å²) in [6.07, 6.45) is 15.1. The molecule has 0 aromatic rings. The Kier molecular flexibility index (Phi) is 7.14. The molecule has 0 bridgehead atoms. The maximum atomic E-state index is 12.1. The molecule has 0 aromatic carbocycles. The van der Waals surface area contributed by atoms with Gasteiger partial charge in [-0.15, -0.1) is 0 Å². The summed E-state index contributed by atoms with van der Waals surface area (Å²) in [6, 6.07) is 0. The van der Waals surface area contributed by atoms with Crippen LogP contribution in [0.5, 0.6) is 0 Å². The third-order valence-electron chi connectivity index (χ3n) is 8.26. The zero-order valence-electron chi connectivity index (χ0n) is 19.7.